The van der Waals surface area contributed by atoms with Gasteiger partial charge in [-0.15, -0.1) is 35.9 Å². The third-order valence-electron chi connectivity index (χ3n) is 10.4. The van der Waals surface area contributed by atoms with Crippen molar-refractivity contribution in [2.24, 2.45) is 5.92 Å². The van der Waals surface area contributed by atoms with Gasteiger partial charge in [0, 0.05) is 43.8 Å². The first-order valence-corrected chi connectivity index (χ1v) is 23.0. The number of hydrogen-bond acceptors (Lipinski definition) is 3. The van der Waals surface area contributed by atoms with Crippen LogP contribution < -0.4 is 5.19 Å². The fraction of sp³-hybridized carbons (Fsp3) is 0.176. The number of furan rings is 1. The molecule has 9 aromatic rings. The van der Waals surface area contributed by atoms with Gasteiger partial charge in [0.1, 0.15) is 0 Å². The summed E-state index contributed by atoms with van der Waals surface area (Å²) in [5, 5.41) is 4.83. The topological polar surface area (TPSA) is 43.9 Å². The third-order valence-corrected chi connectivity index (χ3v) is 12.5. The average molecular weight is 938 g/mol. The van der Waals surface area contributed by atoms with Gasteiger partial charge in [0.2, 0.25) is 0 Å². The Morgan fingerprint density at radius 1 is 0.737 bits per heavy atom. The van der Waals surface area contributed by atoms with Gasteiger partial charge in [-0.25, -0.2) is 0 Å². The van der Waals surface area contributed by atoms with Crippen molar-refractivity contribution in [2.45, 2.75) is 53.8 Å². The van der Waals surface area contributed by atoms with Crippen LogP contribution in [0.2, 0.25) is 19.6 Å². The van der Waals surface area contributed by atoms with Crippen molar-refractivity contribution in [1.82, 2.24) is 14.5 Å². The van der Waals surface area contributed by atoms with Gasteiger partial charge in [0.05, 0.1) is 24.9 Å². The van der Waals surface area contributed by atoms with E-state index in [-0.39, 0.29) is 20.1 Å². The van der Waals surface area contributed by atoms with E-state index in [1.807, 2.05) is 30.3 Å². The van der Waals surface area contributed by atoms with Crippen molar-refractivity contribution in [3.63, 3.8) is 0 Å². The first-order chi connectivity index (χ1) is 27.0. The molecule has 0 aliphatic heterocycles. The van der Waals surface area contributed by atoms with Crippen LogP contribution in [-0.2, 0) is 26.5 Å². The summed E-state index contributed by atoms with van der Waals surface area (Å²) < 4.78 is 8.23. The predicted molar refractivity (Wildman–Crippen MR) is 238 cm³/mol. The Morgan fingerprint density at radius 3 is 2.09 bits per heavy atom. The molecule has 0 unspecified atom stereocenters. The molecule has 0 saturated carbocycles. The first kappa shape index (κ1) is 39.8. The number of rotatable bonds is 7. The Morgan fingerprint density at radius 2 is 1.40 bits per heavy atom. The number of pyridine rings is 1. The summed E-state index contributed by atoms with van der Waals surface area (Å²) in [5.41, 5.74) is 13.3. The zero-order chi connectivity index (χ0) is 39.0. The number of benzene rings is 6. The molecule has 4 nitrogen and oxygen atoms in total. The molecular formula is C51H47IrN3OSi-2. The van der Waals surface area contributed by atoms with Gasteiger partial charge in [0.25, 0.3) is 0 Å². The minimum Gasteiger partial charge on any atom is -0.557 e. The molecule has 0 spiro atoms. The fourth-order valence-electron chi connectivity index (χ4n) is 7.83. The standard InChI is InChI=1S/C33H23N2O.C18H24NSi.Ir/c1-21-16-26(23-10-4-3-5-11-23)17-22(2)32(21)35-30-15-9-8-14-29(30)34-33(35)28-20-36-31-19-25-13-7-6-12-24(25)18-27(28)31;1-14(2)11-16-12-17(15-9-7-6-8-10-15)19-13-18(16)20(3,4)5;/h3-19H,1-2H3;6-9,12-14H,11H2,1-5H3;/q2*-1;. The van der Waals surface area contributed by atoms with E-state index in [2.05, 4.69) is 179 Å². The zero-order valence-electron chi connectivity index (χ0n) is 33.6. The van der Waals surface area contributed by atoms with Crippen LogP contribution >= 0.6 is 0 Å². The van der Waals surface area contributed by atoms with Crippen molar-refractivity contribution in [3.05, 3.63) is 169 Å². The molecule has 0 N–H and O–H groups in total. The molecule has 6 heteroatoms. The molecular weight excluding hydrogens is 891 g/mol. The van der Waals surface area contributed by atoms with Gasteiger partial charge in [-0.1, -0.05) is 135 Å². The second-order valence-corrected chi connectivity index (χ2v) is 21.2. The van der Waals surface area contributed by atoms with Crippen molar-refractivity contribution >= 4 is 46.0 Å². The van der Waals surface area contributed by atoms with Crippen molar-refractivity contribution in [2.75, 3.05) is 0 Å². The van der Waals surface area contributed by atoms with Crippen molar-refractivity contribution < 1.29 is 24.5 Å². The van der Waals surface area contributed by atoms with Crippen LogP contribution in [0.3, 0.4) is 0 Å². The smallest absolute Gasteiger partial charge is 0.0798 e. The Hall–Kier alpha value is -5.39. The molecule has 0 fully saturated rings. The molecule has 3 heterocycles. The number of para-hydroxylation sites is 2. The van der Waals surface area contributed by atoms with E-state index < -0.39 is 8.07 Å². The summed E-state index contributed by atoms with van der Waals surface area (Å²) >= 11 is 0. The molecule has 0 bridgehead atoms. The predicted octanol–water partition coefficient (Wildman–Crippen LogP) is 13.0. The summed E-state index contributed by atoms with van der Waals surface area (Å²) in [4.78, 5) is 9.78. The van der Waals surface area contributed by atoms with E-state index in [4.69, 9.17) is 9.40 Å². The van der Waals surface area contributed by atoms with Gasteiger partial charge in [-0.2, -0.15) is 0 Å². The monoisotopic (exact) mass is 938 g/mol. The number of fused-ring (bicyclic) bond motifs is 3. The number of imidazole rings is 1. The van der Waals surface area contributed by atoms with E-state index >= 15 is 0 Å². The molecule has 0 saturated heterocycles. The maximum Gasteiger partial charge on any atom is 0.0798 e. The van der Waals surface area contributed by atoms with Gasteiger partial charge < -0.3 is 14.0 Å². The van der Waals surface area contributed by atoms with Crippen LogP contribution in [0.4, 0.5) is 0 Å². The van der Waals surface area contributed by atoms with Crippen LogP contribution in [0.5, 0.6) is 0 Å². The van der Waals surface area contributed by atoms with Gasteiger partial charge >= 0.3 is 0 Å². The molecule has 287 valence electrons. The zero-order valence-corrected chi connectivity index (χ0v) is 37.0. The maximum absolute atomic E-state index is 5.96. The van der Waals surface area contributed by atoms with Crippen LogP contribution in [0.15, 0.2) is 144 Å². The first-order valence-electron chi connectivity index (χ1n) is 19.5. The Labute approximate surface area is 351 Å². The molecule has 57 heavy (non-hydrogen) atoms. The second-order valence-electron chi connectivity index (χ2n) is 16.2. The van der Waals surface area contributed by atoms with Crippen molar-refractivity contribution in [1.29, 1.82) is 0 Å². The normalized spacial score (nSPS) is 11.5. The largest absolute Gasteiger partial charge is 0.557 e. The number of aryl methyl sites for hydroxylation is 2. The molecule has 9 rings (SSSR count). The molecule has 3 aromatic heterocycles. The molecule has 6 aromatic carbocycles. The van der Waals surface area contributed by atoms with Gasteiger partial charge in [-0.3, -0.25) is 4.98 Å². The second kappa shape index (κ2) is 16.6. The molecule has 0 aliphatic rings. The molecule has 0 atom stereocenters. The average Bonchev–Trinajstić information content (AvgIpc) is 3.78. The maximum atomic E-state index is 5.96. The van der Waals surface area contributed by atoms with Crippen LogP contribution in [-0.4, -0.2) is 22.6 Å². The number of aromatic nitrogens is 3. The van der Waals surface area contributed by atoms with Crippen molar-refractivity contribution in [3.8, 4) is 39.5 Å². The summed E-state index contributed by atoms with van der Waals surface area (Å²) in [5.74, 6) is 1.50. The summed E-state index contributed by atoms with van der Waals surface area (Å²) in [6.07, 6.45) is 6.43. The van der Waals surface area contributed by atoms with Crippen LogP contribution in [0.1, 0.15) is 30.5 Å². The Kier molecular flexibility index (Phi) is 11.6. The van der Waals surface area contributed by atoms with Gasteiger partial charge in [-0.05, 0) is 94.4 Å². The third kappa shape index (κ3) is 8.22. The van der Waals surface area contributed by atoms with E-state index in [0.717, 1.165) is 62.1 Å². The molecule has 0 amide bonds. The number of nitrogens with zero attached hydrogens (tertiary/aromatic N) is 3. The molecule has 0 aliphatic carbocycles. The van der Waals surface area contributed by atoms with E-state index in [0.29, 0.717) is 5.92 Å². The quantitative estimate of drug-likeness (QED) is 0.118. The Bertz CT molecular complexity index is 2790. The SMILES string of the molecule is CC(C)Cc1cc(-c2[c-]cccc2)ncc1[Si](C)(C)C.Cc1cc(-c2ccccc2)cc(C)c1-n1c(-c2[c-]oc3cc4ccccc4cc23)nc2ccccc21.[Ir]. The Balaban J connectivity index is 0.000000202. The summed E-state index contributed by atoms with van der Waals surface area (Å²) in [6, 6.07) is 49.6. The van der Waals surface area contributed by atoms with E-state index in [1.54, 1.807) is 0 Å². The minimum absolute atomic E-state index is 0. The van der Waals surface area contributed by atoms with E-state index in [9.17, 15) is 0 Å². The summed E-state index contributed by atoms with van der Waals surface area (Å²) in [7, 11) is -1.34. The minimum atomic E-state index is -1.34. The summed E-state index contributed by atoms with van der Waals surface area (Å²) in [6.45, 7) is 16.1. The van der Waals surface area contributed by atoms with Crippen LogP contribution in [0, 0.1) is 32.1 Å². The van der Waals surface area contributed by atoms with Gasteiger partial charge in [0.15, 0.2) is 0 Å². The number of hydrogen-bond donors (Lipinski definition) is 0. The van der Waals surface area contributed by atoms with E-state index in [1.165, 1.54) is 38.4 Å². The molecule has 1 radical (unpaired) electrons. The fourth-order valence-corrected chi connectivity index (χ4v) is 9.42. The van der Waals surface area contributed by atoms with Crippen LogP contribution in [0.25, 0.3) is 72.2 Å².